The van der Waals surface area contributed by atoms with E-state index >= 15 is 0 Å². The predicted octanol–water partition coefficient (Wildman–Crippen LogP) is 4.25. The average Bonchev–Trinajstić information content (AvgIpc) is 2.91. The summed E-state index contributed by atoms with van der Waals surface area (Å²) in [5.74, 6) is 0.876. The Morgan fingerprint density at radius 2 is 1.83 bits per heavy atom. The second-order valence-electron chi connectivity index (χ2n) is 4.86. The minimum atomic E-state index is 0.0688. The molecule has 1 heterocycles. The molecule has 0 saturated heterocycles. The van der Waals surface area contributed by atoms with Gasteiger partial charge in [-0.25, -0.2) is 14.7 Å². The maximum atomic E-state index is 9.21. The van der Waals surface area contributed by atoms with E-state index in [0.29, 0.717) is 17.8 Å². The van der Waals surface area contributed by atoms with Crippen LogP contribution in [0.3, 0.4) is 0 Å². The normalized spacial score (nSPS) is 10.3. The summed E-state index contributed by atoms with van der Waals surface area (Å²) in [5, 5.41) is 10.2. The topological polar surface area (TPSA) is 46.8 Å². The third kappa shape index (κ3) is 3.73. The van der Waals surface area contributed by atoms with Gasteiger partial charge in [-0.1, -0.05) is 24.8 Å². The molecule has 0 aliphatic carbocycles. The molecule has 6 heteroatoms. The molecule has 118 valence electrons. The first kappa shape index (κ1) is 17.1. The summed E-state index contributed by atoms with van der Waals surface area (Å²) >= 11 is 1.53. The van der Waals surface area contributed by atoms with Crippen molar-refractivity contribution < 1.29 is 5.11 Å². The maximum Gasteiger partial charge on any atom is 0.178 e. The zero-order valence-electron chi connectivity index (χ0n) is 13.2. The lowest BCUT2D eigenvalue weighted by Gasteiger charge is -2.10. The number of aryl methyl sites for hydroxylation is 1. The molecule has 0 aliphatic rings. The molecule has 2 rings (SSSR count). The smallest absolute Gasteiger partial charge is 0.178 e. The molecule has 0 spiro atoms. The molecule has 0 atom stereocenters. The van der Waals surface area contributed by atoms with Gasteiger partial charge in [0.05, 0.1) is 25.4 Å². The molecule has 1 aromatic carbocycles. The van der Waals surface area contributed by atoms with Gasteiger partial charge in [-0.15, -0.1) is 0 Å². The number of imidazole rings is 1. The van der Waals surface area contributed by atoms with Gasteiger partial charge in [0.2, 0.25) is 0 Å². The lowest BCUT2D eigenvalue weighted by molar-refractivity contribution is 0.294. The number of aliphatic hydroxyl groups is 1. The molecule has 0 unspecified atom stereocenters. The van der Waals surface area contributed by atoms with Crippen molar-refractivity contribution in [3.05, 3.63) is 52.6 Å². The van der Waals surface area contributed by atoms with E-state index in [1.54, 1.807) is 18.2 Å². The van der Waals surface area contributed by atoms with Crippen molar-refractivity contribution in [1.82, 2.24) is 9.55 Å². The summed E-state index contributed by atoms with van der Waals surface area (Å²) in [4.78, 5) is 12.4. The lowest BCUT2D eigenvalue weighted by atomic mass is 10.3. The number of benzene rings is 1. The number of hydrogen-bond donors (Lipinski definition) is 1. The van der Waals surface area contributed by atoms with Gasteiger partial charge in [0.1, 0.15) is 10.9 Å². The molecule has 0 radical (unpaired) electrons. The zero-order valence-corrected chi connectivity index (χ0v) is 14.0. The molecule has 1 N–H and O–H groups in total. The molecule has 0 aliphatic heterocycles. The van der Waals surface area contributed by atoms with Crippen molar-refractivity contribution in [3.63, 3.8) is 0 Å². The van der Waals surface area contributed by atoms with E-state index in [9.17, 15) is 5.11 Å². The highest BCUT2D eigenvalue weighted by Crippen LogP contribution is 2.36. The summed E-state index contributed by atoms with van der Waals surface area (Å²) in [5.41, 5.74) is 1.92. The van der Waals surface area contributed by atoms with Gasteiger partial charge in [-0.3, -0.25) is 0 Å². The van der Waals surface area contributed by atoms with E-state index in [0.717, 1.165) is 34.4 Å². The van der Waals surface area contributed by atoms with Crippen LogP contribution in [0.25, 0.3) is 9.69 Å². The van der Waals surface area contributed by atoms with Crippen molar-refractivity contribution >= 4 is 23.1 Å². The zero-order chi connectivity index (χ0) is 16.8. The number of hydrogen-bond acceptors (Lipinski definition) is 3. The SMILES string of the molecule is [C-]#[N+]c1cc([N+]#[C-])cc(Sc2c(CC)nc(CCO)n2CC)c1. The van der Waals surface area contributed by atoms with Crippen LogP contribution in [0.5, 0.6) is 0 Å². The minimum absolute atomic E-state index is 0.0688. The van der Waals surface area contributed by atoms with E-state index in [1.165, 1.54) is 11.8 Å². The predicted molar refractivity (Wildman–Crippen MR) is 91.2 cm³/mol. The van der Waals surface area contributed by atoms with Crippen LogP contribution in [0.2, 0.25) is 0 Å². The Balaban J connectivity index is 2.47. The van der Waals surface area contributed by atoms with Gasteiger partial charge in [0.15, 0.2) is 11.4 Å². The second-order valence-corrected chi connectivity index (χ2v) is 5.92. The molecule has 1 aromatic heterocycles. The number of rotatable bonds is 6. The summed E-state index contributed by atoms with van der Waals surface area (Å²) in [6, 6.07) is 5.19. The van der Waals surface area contributed by atoms with Gasteiger partial charge in [0.25, 0.3) is 0 Å². The molecule has 0 fully saturated rings. The summed E-state index contributed by atoms with van der Waals surface area (Å²) < 4.78 is 2.10. The largest absolute Gasteiger partial charge is 0.396 e. The minimum Gasteiger partial charge on any atom is -0.396 e. The molecule has 0 bridgehead atoms. The molecule has 23 heavy (non-hydrogen) atoms. The van der Waals surface area contributed by atoms with Gasteiger partial charge >= 0.3 is 0 Å². The van der Waals surface area contributed by atoms with Crippen molar-refractivity contribution in [2.45, 2.75) is 43.2 Å². The van der Waals surface area contributed by atoms with Crippen LogP contribution in [0.4, 0.5) is 11.4 Å². The Bertz CT molecular complexity index is 751. The number of aromatic nitrogens is 2. The van der Waals surface area contributed by atoms with Gasteiger partial charge < -0.3 is 9.67 Å². The fourth-order valence-electron chi connectivity index (χ4n) is 2.37. The van der Waals surface area contributed by atoms with Crippen LogP contribution in [0, 0.1) is 13.1 Å². The number of nitrogens with zero attached hydrogens (tertiary/aromatic N) is 4. The van der Waals surface area contributed by atoms with Crippen molar-refractivity contribution in [3.8, 4) is 0 Å². The molecule has 5 nitrogen and oxygen atoms in total. The Hall–Kier alpha value is -2.28. The third-order valence-corrected chi connectivity index (χ3v) is 4.52. The van der Waals surface area contributed by atoms with E-state index in [4.69, 9.17) is 13.1 Å². The van der Waals surface area contributed by atoms with Gasteiger partial charge in [-0.05, 0) is 30.4 Å². The van der Waals surface area contributed by atoms with Crippen LogP contribution in [0.1, 0.15) is 25.4 Å². The Morgan fingerprint density at radius 3 is 2.30 bits per heavy atom. The summed E-state index contributed by atoms with van der Waals surface area (Å²) in [6.07, 6.45) is 1.32. The Labute approximate surface area is 140 Å². The monoisotopic (exact) mass is 326 g/mol. The number of aliphatic hydroxyl groups excluding tert-OH is 1. The molecular formula is C17H18N4OS. The quantitative estimate of drug-likeness (QED) is 0.807. The highest BCUT2D eigenvalue weighted by molar-refractivity contribution is 7.99. The second kappa shape index (κ2) is 7.82. The highest BCUT2D eigenvalue weighted by Gasteiger charge is 2.16. The van der Waals surface area contributed by atoms with Crippen LogP contribution in [0.15, 0.2) is 28.1 Å². The fourth-order valence-corrected chi connectivity index (χ4v) is 3.60. The summed E-state index contributed by atoms with van der Waals surface area (Å²) in [7, 11) is 0. The van der Waals surface area contributed by atoms with Crippen LogP contribution < -0.4 is 0 Å². The van der Waals surface area contributed by atoms with Gasteiger partial charge in [-0.2, -0.15) is 0 Å². The average molecular weight is 326 g/mol. The highest BCUT2D eigenvalue weighted by atomic mass is 32.2. The third-order valence-electron chi connectivity index (χ3n) is 3.40. The van der Waals surface area contributed by atoms with Crippen molar-refractivity contribution in [2.75, 3.05) is 6.61 Å². The van der Waals surface area contributed by atoms with Crippen molar-refractivity contribution in [2.24, 2.45) is 0 Å². The molecule has 2 aromatic rings. The first-order valence-electron chi connectivity index (χ1n) is 7.43. The van der Waals surface area contributed by atoms with E-state index in [1.807, 2.05) is 6.92 Å². The van der Waals surface area contributed by atoms with E-state index in [-0.39, 0.29) is 6.61 Å². The summed E-state index contributed by atoms with van der Waals surface area (Å²) in [6.45, 7) is 19.3. The van der Waals surface area contributed by atoms with Crippen molar-refractivity contribution in [1.29, 1.82) is 0 Å². The fraction of sp³-hybridized carbons (Fsp3) is 0.353. The first-order valence-corrected chi connectivity index (χ1v) is 8.25. The van der Waals surface area contributed by atoms with Gasteiger partial charge in [0, 0.05) is 13.0 Å². The maximum absolute atomic E-state index is 9.21. The van der Waals surface area contributed by atoms with Crippen LogP contribution in [-0.4, -0.2) is 21.3 Å². The molecular weight excluding hydrogens is 308 g/mol. The lowest BCUT2D eigenvalue weighted by Crippen LogP contribution is -2.05. The Kier molecular flexibility index (Phi) is 5.81. The standard InChI is InChI=1S/C17H18N4OS/c1-5-15-17(21(6-2)16(20-15)7-8-22)23-14-10-12(18-3)9-13(11-14)19-4/h9-11,22H,5-8H2,1-2H3. The molecule has 0 amide bonds. The Morgan fingerprint density at radius 1 is 1.17 bits per heavy atom. The molecule has 0 saturated carbocycles. The first-order chi connectivity index (χ1) is 11.2. The van der Waals surface area contributed by atoms with E-state index < -0.39 is 0 Å². The van der Waals surface area contributed by atoms with E-state index in [2.05, 4.69) is 26.2 Å². The van der Waals surface area contributed by atoms with Crippen LogP contribution >= 0.6 is 11.8 Å². The van der Waals surface area contributed by atoms with Crippen LogP contribution in [-0.2, 0) is 19.4 Å².